The molecule has 0 aliphatic carbocycles. The second kappa shape index (κ2) is 24.6. The van der Waals surface area contributed by atoms with E-state index in [1.165, 1.54) is 4.88 Å². The van der Waals surface area contributed by atoms with Gasteiger partial charge in [0.05, 0.1) is 34.1 Å². The van der Waals surface area contributed by atoms with Crippen molar-refractivity contribution in [3.63, 3.8) is 0 Å². The van der Waals surface area contributed by atoms with Crippen LogP contribution < -0.4 is 25.6 Å². The molecule has 3 aromatic carbocycles. The van der Waals surface area contributed by atoms with Crippen molar-refractivity contribution in [1.29, 1.82) is 0 Å². The Labute approximate surface area is 478 Å². The highest BCUT2D eigenvalue weighted by Crippen LogP contribution is 2.40. The normalized spacial score (nSPS) is 21.1. The van der Waals surface area contributed by atoms with Gasteiger partial charge in [0.1, 0.15) is 41.1 Å². The van der Waals surface area contributed by atoms with E-state index in [2.05, 4.69) is 80.5 Å². The SMILES string of the molecule is CCc1cccc2cc(O)cc(-c3ncc4c(N5CC6CCC(C5)N6)nc(OCCN5CCC(CC6(F)CN(CC(=O)NC(C)C(C)(C)C)C6)CC5)nc4c3F)c12.Cc1ncsc1-c1ccc(C(C)NC(=O)C2CCCN2C=O)cc1. The zero-order chi connectivity index (χ0) is 57.2. The number of rotatable bonds is 17. The fourth-order valence-electron chi connectivity index (χ4n) is 12.4. The number of phenols is 1. The van der Waals surface area contributed by atoms with Crippen LogP contribution in [-0.2, 0) is 20.8 Å². The Morgan fingerprint density at radius 2 is 1.70 bits per heavy atom. The summed E-state index contributed by atoms with van der Waals surface area (Å²) >= 11 is 1.63. The predicted octanol–water partition coefficient (Wildman–Crippen LogP) is 9.16. The lowest BCUT2D eigenvalue weighted by molar-refractivity contribution is -0.131. The smallest absolute Gasteiger partial charge is 0.319 e. The number of phenolic OH excluding ortho intramolecular Hbond substituents is 1. The Morgan fingerprint density at radius 1 is 0.963 bits per heavy atom. The molecular weight excluding hydrogens is 1050 g/mol. The van der Waals surface area contributed by atoms with Crippen molar-refractivity contribution in [2.45, 2.75) is 136 Å². The number of nitrogens with one attached hydrogen (secondary N) is 3. The van der Waals surface area contributed by atoms with E-state index in [0.29, 0.717) is 74.0 Å². The number of piperidine rings is 1. The van der Waals surface area contributed by atoms with E-state index in [-0.39, 0.29) is 64.9 Å². The lowest BCUT2D eigenvalue weighted by Gasteiger charge is -2.46. The number of halogens is 2. The molecule has 8 heterocycles. The standard InChI is InChI=1S/C44H58F2N8O3.C18H21N3O2S/c1-6-29-8-7-9-30-18-33(55)19-34(37(29)30)39-38(45)40-35(21-47-39)41(54-22-31-10-11-32(23-54)49-31)51-42(50-40)57-17-16-52-14-12-28(13-15-52)20-44(46)25-53(26-44)24-36(56)48-27(2)43(3,4)5;1-12(20-18(23)16-4-3-9-21(16)11-22)14-5-7-15(8-6-14)17-13(2)19-10-24-17/h7-9,18-19,21,27-28,31-32,49,55H,6,10-17,20,22-26H2,1-5H3,(H,48,56);5-8,10-12,16H,3-4,9H2,1-2H3,(H,20,23). The second-order valence-electron chi connectivity index (χ2n) is 24.3. The van der Waals surface area contributed by atoms with Gasteiger partial charge in [-0.3, -0.25) is 29.2 Å². The van der Waals surface area contributed by atoms with E-state index in [9.17, 15) is 19.5 Å². The first-order valence-electron chi connectivity index (χ1n) is 29.0. The van der Waals surface area contributed by atoms with Crippen molar-refractivity contribution in [3.05, 3.63) is 88.9 Å². The van der Waals surface area contributed by atoms with Gasteiger partial charge in [-0.1, -0.05) is 70.2 Å². The molecule has 81 heavy (non-hydrogen) atoms. The Bertz CT molecular complexity index is 3200. The Morgan fingerprint density at radius 3 is 2.38 bits per heavy atom. The molecule has 3 aromatic heterocycles. The molecule has 0 spiro atoms. The molecule has 5 saturated heterocycles. The largest absolute Gasteiger partial charge is 0.508 e. The van der Waals surface area contributed by atoms with Crippen LogP contribution in [0.15, 0.2) is 66.3 Å². The molecule has 5 unspecified atom stereocenters. The highest BCUT2D eigenvalue weighted by Gasteiger charge is 2.46. The zero-order valence-corrected chi connectivity index (χ0v) is 48.8. The van der Waals surface area contributed by atoms with E-state index in [1.54, 1.807) is 34.6 Å². The minimum absolute atomic E-state index is 0.0270. The molecule has 16 nitrogen and oxygen atoms in total. The summed E-state index contributed by atoms with van der Waals surface area (Å²) in [6.07, 6.45) is 9.31. The van der Waals surface area contributed by atoms with Crippen LogP contribution in [0.1, 0.15) is 109 Å². The average Bonchev–Trinajstić information content (AvgIpc) is 4.33. The number of carbonyl (C=O) groups is 3. The number of hydrogen-bond acceptors (Lipinski definition) is 14. The first kappa shape index (κ1) is 57.8. The van der Waals surface area contributed by atoms with Crippen LogP contribution in [0.3, 0.4) is 0 Å². The highest BCUT2D eigenvalue weighted by molar-refractivity contribution is 7.13. The first-order valence-corrected chi connectivity index (χ1v) is 29.9. The maximum atomic E-state index is 16.9. The number of aromatic hydroxyl groups is 1. The van der Waals surface area contributed by atoms with Gasteiger partial charge in [0, 0.05) is 69.2 Å². The molecule has 0 saturated carbocycles. The van der Waals surface area contributed by atoms with Gasteiger partial charge >= 0.3 is 6.01 Å². The number of alkyl halides is 1. The van der Waals surface area contributed by atoms with E-state index in [4.69, 9.17) is 9.72 Å². The van der Waals surface area contributed by atoms with Crippen LogP contribution >= 0.6 is 11.3 Å². The van der Waals surface area contributed by atoms with E-state index >= 15 is 8.78 Å². The number of benzene rings is 3. The number of likely N-dealkylation sites (tertiary alicyclic amines) is 3. The minimum Gasteiger partial charge on any atom is -0.508 e. The summed E-state index contributed by atoms with van der Waals surface area (Å²) in [5, 5.41) is 22.6. The second-order valence-corrected chi connectivity index (χ2v) is 25.2. The Balaban J connectivity index is 0.000000256. The maximum absolute atomic E-state index is 16.9. The average molecular weight is 1130 g/mol. The fourth-order valence-corrected chi connectivity index (χ4v) is 13.3. The van der Waals surface area contributed by atoms with Gasteiger partial charge in [0.2, 0.25) is 18.2 Å². The first-order chi connectivity index (χ1) is 38.8. The van der Waals surface area contributed by atoms with Crippen LogP contribution in [0.2, 0.25) is 0 Å². The van der Waals surface area contributed by atoms with Crippen LogP contribution in [-0.4, -0.2) is 153 Å². The van der Waals surface area contributed by atoms with E-state index in [1.807, 2.05) is 61.5 Å². The van der Waals surface area contributed by atoms with Crippen LogP contribution in [0, 0.1) is 24.1 Å². The molecule has 5 fully saturated rings. The molecule has 5 aliphatic heterocycles. The summed E-state index contributed by atoms with van der Waals surface area (Å²) < 4.78 is 38.8. The van der Waals surface area contributed by atoms with Crippen molar-refractivity contribution < 1.29 is 33.0 Å². The number of anilines is 1. The lowest BCUT2D eigenvalue weighted by Crippen LogP contribution is -2.62. The molecule has 2 bridgehead atoms. The number of ether oxygens (including phenoxy) is 1. The predicted molar refractivity (Wildman–Crippen MR) is 315 cm³/mol. The third-order valence-electron chi connectivity index (χ3n) is 17.4. The number of carbonyl (C=O) groups excluding carboxylic acids is 3. The fraction of sp³-hybridized carbons (Fsp3) is 0.532. The topological polar surface area (TPSA) is 181 Å². The number of piperazine rings is 1. The van der Waals surface area contributed by atoms with E-state index < -0.39 is 11.5 Å². The van der Waals surface area contributed by atoms with Gasteiger partial charge in [0.25, 0.3) is 0 Å². The Kier molecular flexibility index (Phi) is 17.5. The van der Waals surface area contributed by atoms with Crippen LogP contribution in [0.4, 0.5) is 14.6 Å². The monoisotopic (exact) mass is 1130 g/mol. The summed E-state index contributed by atoms with van der Waals surface area (Å²) in [6, 6.07) is 17.8. The quantitative estimate of drug-likeness (QED) is 0.0636. The number of fused-ring (bicyclic) bond motifs is 4. The molecular formula is C62H79F2N11O5S. The summed E-state index contributed by atoms with van der Waals surface area (Å²) in [5.41, 5.74) is 5.64. The van der Waals surface area contributed by atoms with Crippen molar-refractivity contribution in [3.8, 4) is 33.5 Å². The Hall–Kier alpha value is -6.41. The summed E-state index contributed by atoms with van der Waals surface area (Å²) in [4.78, 5) is 63.6. The number of aromatic nitrogens is 4. The molecule has 19 heteroatoms. The summed E-state index contributed by atoms with van der Waals surface area (Å²) in [6.45, 7) is 20.0. The number of thiazole rings is 1. The minimum atomic E-state index is -1.24. The molecule has 0 radical (unpaired) electrons. The van der Waals surface area contributed by atoms with Crippen molar-refractivity contribution in [2.75, 3.05) is 70.4 Å². The third kappa shape index (κ3) is 13.3. The van der Waals surface area contributed by atoms with Gasteiger partial charge in [-0.05, 0) is 136 Å². The lowest BCUT2D eigenvalue weighted by atomic mass is 9.81. The van der Waals surface area contributed by atoms with Crippen LogP contribution in [0.25, 0.3) is 43.4 Å². The molecule has 4 N–H and O–H groups in total. The highest BCUT2D eigenvalue weighted by atomic mass is 32.1. The molecule has 432 valence electrons. The van der Waals surface area contributed by atoms with Crippen LogP contribution in [0.5, 0.6) is 11.8 Å². The van der Waals surface area contributed by atoms with Crippen molar-refractivity contribution in [2.24, 2.45) is 11.3 Å². The molecule has 5 atom stereocenters. The van der Waals surface area contributed by atoms with E-state index in [0.717, 1.165) is 111 Å². The van der Waals surface area contributed by atoms with Gasteiger partial charge < -0.3 is 35.6 Å². The number of hydrogen-bond donors (Lipinski definition) is 4. The molecule has 11 rings (SSSR count). The number of nitrogens with zero attached hydrogens (tertiary/aromatic N) is 8. The zero-order valence-electron chi connectivity index (χ0n) is 47.9. The number of amides is 3. The molecule has 5 aliphatic rings. The van der Waals surface area contributed by atoms with Gasteiger partial charge in [-0.15, -0.1) is 11.3 Å². The number of pyridine rings is 1. The molecule has 3 amide bonds. The van der Waals surface area contributed by atoms with Gasteiger partial charge in [-0.25, -0.2) is 13.8 Å². The maximum Gasteiger partial charge on any atom is 0.319 e. The van der Waals surface area contributed by atoms with Crippen molar-refractivity contribution >= 4 is 57.1 Å². The summed E-state index contributed by atoms with van der Waals surface area (Å²) in [7, 11) is 0. The van der Waals surface area contributed by atoms with Crippen molar-refractivity contribution in [1.82, 2.24) is 50.6 Å². The third-order valence-corrected chi connectivity index (χ3v) is 18.4. The van der Waals surface area contributed by atoms with Gasteiger partial charge in [-0.2, -0.15) is 9.97 Å². The summed E-state index contributed by atoms with van der Waals surface area (Å²) in [5.74, 6) is 0.272. The number of aryl methyl sites for hydroxylation is 2. The van der Waals surface area contributed by atoms with Gasteiger partial charge in [0.15, 0.2) is 5.82 Å². The molecule has 6 aromatic rings.